The van der Waals surface area contributed by atoms with Gasteiger partial charge in [0.2, 0.25) is 11.9 Å². The van der Waals surface area contributed by atoms with E-state index in [1.54, 1.807) is 19.5 Å². The molecule has 0 saturated carbocycles. The molecule has 0 spiro atoms. The fourth-order valence-electron chi connectivity index (χ4n) is 4.60. The van der Waals surface area contributed by atoms with E-state index in [1.165, 1.54) is 5.56 Å². The number of aromatic nitrogens is 2. The summed E-state index contributed by atoms with van der Waals surface area (Å²) < 4.78 is 5.47. The van der Waals surface area contributed by atoms with Crippen LogP contribution in [0.5, 0.6) is 5.75 Å². The molecular formula is C24H25N5O2. The zero-order chi connectivity index (χ0) is 21.2. The lowest BCUT2D eigenvalue weighted by Gasteiger charge is -2.49. The normalized spacial score (nSPS) is 19.9. The molecule has 0 bridgehead atoms. The molecule has 2 aliphatic heterocycles. The van der Waals surface area contributed by atoms with Crippen molar-refractivity contribution in [1.82, 2.24) is 9.97 Å². The number of carbonyl (C=O) groups excluding carboxylic acids is 1. The quantitative estimate of drug-likeness (QED) is 0.707. The van der Waals surface area contributed by atoms with Crippen LogP contribution >= 0.6 is 0 Å². The Morgan fingerprint density at radius 3 is 2.65 bits per heavy atom. The predicted molar refractivity (Wildman–Crippen MR) is 121 cm³/mol. The molecule has 0 aliphatic carbocycles. The van der Waals surface area contributed by atoms with E-state index in [2.05, 4.69) is 37.2 Å². The molecule has 3 heterocycles. The van der Waals surface area contributed by atoms with Crippen LogP contribution in [0, 0.1) is 5.92 Å². The summed E-state index contributed by atoms with van der Waals surface area (Å²) >= 11 is 0. The zero-order valence-corrected chi connectivity index (χ0v) is 17.4. The van der Waals surface area contributed by atoms with Gasteiger partial charge in [-0.1, -0.05) is 24.3 Å². The van der Waals surface area contributed by atoms with E-state index in [0.717, 1.165) is 30.2 Å². The second-order valence-electron chi connectivity index (χ2n) is 7.92. The van der Waals surface area contributed by atoms with Gasteiger partial charge in [0.05, 0.1) is 19.1 Å². The summed E-state index contributed by atoms with van der Waals surface area (Å²) in [5.74, 6) is 1.39. The van der Waals surface area contributed by atoms with Crippen LogP contribution in [0.2, 0.25) is 0 Å². The Hall–Kier alpha value is -3.61. The van der Waals surface area contributed by atoms with Crippen LogP contribution < -0.4 is 19.9 Å². The Balaban J connectivity index is 1.47. The second-order valence-corrected chi connectivity index (χ2v) is 7.92. The number of hydrogen-bond acceptors (Lipinski definition) is 6. The Morgan fingerprint density at radius 2 is 1.87 bits per heavy atom. The number of methoxy groups -OCH3 is 1. The first kappa shape index (κ1) is 19.4. The summed E-state index contributed by atoms with van der Waals surface area (Å²) in [6, 6.07) is 17.6. The molecule has 2 atom stereocenters. The fourth-order valence-corrected chi connectivity index (χ4v) is 4.60. The van der Waals surface area contributed by atoms with Gasteiger partial charge in [-0.15, -0.1) is 0 Å². The third-order valence-corrected chi connectivity index (χ3v) is 6.14. The second kappa shape index (κ2) is 8.26. The largest absolute Gasteiger partial charge is 0.497 e. The van der Waals surface area contributed by atoms with E-state index in [-0.39, 0.29) is 17.9 Å². The van der Waals surface area contributed by atoms with Gasteiger partial charge in [0, 0.05) is 49.5 Å². The van der Waals surface area contributed by atoms with Crippen LogP contribution in [0.1, 0.15) is 5.56 Å². The summed E-state index contributed by atoms with van der Waals surface area (Å²) in [4.78, 5) is 26.8. The Kier molecular flexibility index (Phi) is 5.16. The molecule has 2 aromatic carbocycles. The van der Waals surface area contributed by atoms with E-state index in [9.17, 15) is 4.79 Å². The van der Waals surface area contributed by atoms with E-state index >= 15 is 0 Å². The Labute approximate surface area is 181 Å². The highest BCUT2D eigenvalue weighted by Crippen LogP contribution is 2.38. The number of amides is 1. The fraction of sp³-hybridized carbons (Fsp3) is 0.292. The van der Waals surface area contributed by atoms with Gasteiger partial charge in [-0.2, -0.15) is 0 Å². The number of hydrogen-bond donors (Lipinski definition) is 1. The molecule has 1 N–H and O–H groups in total. The van der Waals surface area contributed by atoms with E-state index in [0.29, 0.717) is 18.9 Å². The molecule has 2 unspecified atom stereocenters. The van der Waals surface area contributed by atoms with Crippen molar-refractivity contribution >= 4 is 23.2 Å². The SMILES string of the molecule is COc1ccc2c(c1)N1CCN(c3ncccn3)CC1C(C(=O)Nc1ccccc1)C2. The Bertz CT molecular complexity index is 1060. The summed E-state index contributed by atoms with van der Waals surface area (Å²) in [7, 11) is 1.68. The van der Waals surface area contributed by atoms with Crippen molar-refractivity contribution in [3.63, 3.8) is 0 Å². The third-order valence-electron chi connectivity index (χ3n) is 6.14. The summed E-state index contributed by atoms with van der Waals surface area (Å²) in [6.45, 7) is 2.27. The minimum Gasteiger partial charge on any atom is -0.497 e. The van der Waals surface area contributed by atoms with E-state index < -0.39 is 0 Å². The lowest BCUT2D eigenvalue weighted by molar-refractivity contribution is -0.120. The average molecular weight is 415 g/mol. The van der Waals surface area contributed by atoms with Gasteiger partial charge >= 0.3 is 0 Å². The van der Waals surface area contributed by atoms with E-state index in [4.69, 9.17) is 4.74 Å². The lowest BCUT2D eigenvalue weighted by atomic mass is 9.83. The molecule has 158 valence electrons. The summed E-state index contributed by atoms with van der Waals surface area (Å²) in [6.07, 6.45) is 4.20. The summed E-state index contributed by atoms with van der Waals surface area (Å²) in [5, 5.41) is 3.11. The maximum Gasteiger partial charge on any atom is 0.229 e. The van der Waals surface area contributed by atoms with Crippen molar-refractivity contribution in [3.05, 3.63) is 72.6 Å². The number of para-hydroxylation sites is 1. The van der Waals surface area contributed by atoms with Gasteiger partial charge in [0.25, 0.3) is 0 Å². The highest BCUT2D eigenvalue weighted by molar-refractivity contribution is 5.94. The first-order valence-electron chi connectivity index (χ1n) is 10.5. The molecule has 1 fully saturated rings. The number of nitrogens with one attached hydrogen (secondary N) is 1. The van der Waals surface area contributed by atoms with Gasteiger partial charge in [0.1, 0.15) is 5.75 Å². The third kappa shape index (κ3) is 3.79. The molecule has 31 heavy (non-hydrogen) atoms. The van der Waals surface area contributed by atoms with Crippen LogP contribution in [-0.4, -0.2) is 48.7 Å². The molecule has 1 saturated heterocycles. The number of piperazine rings is 1. The van der Waals surface area contributed by atoms with Crippen molar-refractivity contribution < 1.29 is 9.53 Å². The van der Waals surface area contributed by atoms with Gasteiger partial charge in [0.15, 0.2) is 0 Å². The average Bonchev–Trinajstić information content (AvgIpc) is 2.84. The van der Waals surface area contributed by atoms with Gasteiger partial charge in [-0.3, -0.25) is 4.79 Å². The highest BCUT2D eigenvalue weighted by Gasteiger charge is 2.42. The van der Waals surface area contributed by atoms with Crippen molar-refractivity contribution in [2.45, 2.75) is 12.5 Å². The first-order chi connectivity index (χ1) is 15.2. The number of rotatable bonds is 4. The monoisotopic (exact) mass is 415 g/mol. The summed E-state index contributed by atoms with van der Waals surface area (Å²) in [5.41, 5.74) is 3.15. The number of carbonyl (C=O) groups is 1. The zero-order valence-electron chi connectivity index (χ0n) is 17.4. The van der Waals surface area contributed by atoms with Gasteiger partial charge in [-0.05, 0) is 36.2 Å². The standard InChI is InChI=1S/C24H25N5O2/c1-31-19-9-8-17-14-20(23(30)27-18-6-3-2-4-7-18)22-16-28(24-25-10-5-11-26-24)12-13-29(22)21(17)15-19/h2-11,15,20,22H,12-14,16H2,1H3,(H,27,30). The van der Waals surface area contributed by atoms with Crippen LogP contribution in [0.3, 0.4) is 0 Å². The molecule has 5 rings (SSSR count). The molecule has 1 aromatic heterocycles. The maximum absolute atomic E-state index is 13.4. The molecule has 3 aromatic rings. The minimum absolute atomic E-state index is 0.0147. The maximum atomic E-state index is 13.4. The molecule has 1 amide bonds. The minimum atomic E-state index is -0.187. The molecular weight excluding hydrogens is 390 g/mol. The van der Waals surface area contributed by atoms with Gasteiger partial charge < -0.3 is 19.9 Å². The van der Waals surface area contributed by atoms with E-state index in [1.807, 2.05) is 42.5 Å². The predicted octanol–water partition coefficient (Wildman–Crippen LogP) is 2.99. The smallest absolute Gasteiger partial charge is 0.229 e. The highest BCUT2D eigenvalue weighted by atomic mass is 16.5. The first-order valence-corrected chi connectivity index (χ1v) is 10.5. The molecule has 0 radical (unpaired) electrons. The number of nitrogens with zero attached hydrogens (tertiary/aromatic N) is 4. The topological polar surface area (TPSA) is 70.6 Å². The number of anilines is 3. The molecule has 7 nitrogen and oxygen atoms in total. The number of fused-ring (bicyclic) bond motifs is 3. The van der Waals surface area contributed by atoms with Crippen LogP contribution in [0.25, 0.3) is 0 Å². The van der Waals surface area contributed by atoms with Crippen molar-refractivity contribution in [1.29, 1.82) is 0 Å². The number of ether oxygens (including phenoxy) is 1. The van der Waals surface area contributed by atoms with Crippen LogP contribution in [0.15, 0.2) is 67.0 Å². The molecule has 2 aliphatic rings. The van der Waals surface area contributed by atoms with Crippen LogP contribution in [0.4, 0.5) is 17.3 Å². The van der Waals surface area contributed by atoms with Crippen molar-refractivity contribution in [2.24, 2.45) is 5.92 Å². The van der Waals surface area contributed by atoms with Crippen molar-refractivity contribution in [3.8, 4) is 5.75 Å². The molecule has 7 heteroatoms. The lowest BCUT2D eigenvalue weighted by Crippen LogP contribution is -2.61. The van der Waals surface area contributed by atoms with Crippen LogP contribution in [-0.2, 0) is 11.2 Å². The number of benzene rings is 2. The van der Waals surface area contributed by atoms with Gasteiger partial charge in [-0.25, -0.2) is 9.97 Å². The van der Waals surface area contributed by atoms with Crippen molar-refractivity contribution in [2.75, 3.05) is 41.9 Å². The Morgan fingerprint density at radius 1 is 1.06 bits per heavy atom.